The lowest BCUT2D eigenvalue weighted by atomic mass is 10.1. The molecule has 0 radical (unpaired) electrons. The molecule has 132 valence electrons. The van der Waals surface area contributed by atoms with Gasteiger partial charge in [0.2, 0.25) is 0 Å². The fraction of sp³-hybridized carbons (Fsp3) is 0.111. The standard InChI is InChI=1S/C18H15N3O5/c1-25-17(18(19)22)14-10-11(8-9-20-14)26-16-7-6-15(21(23)24)12-4-2-3-5-13(12)16/h2-10,17H,1H3,(H2,19,22). The molecule has 1 unspecified atom stereocenters. The molecule has 8 heteroatoms. The molecular weight excluding hydrogens is 338 g/mol. The number of nitro benzene ring substituents is 1. The zero-order valence-corrected chi connectivity index (χ0v) is 13.8. The van der Waals surface area contributed by atoms with Gasteiger partial charge in [-0.1, -0.05) is 18.2 Å². The zero-order valence-electron chi connectivity index (χ0n) is 13.8. The first-order valence-electron chi connectivity index (χ1n) is 7.63. The van der Waals surface area contributed by atoms with E-state index < -0.39 is 16.9 Å². The van der Waals surface area contributed by atoms with Crippen molar-refractivity contribution in [1.82, 2.24) is 4.98 Å². The average Bonchev–Trinajstić information content (AvgIpc) is 2.62. The van der Waals surface area contributed by atoms with Gasteiger partial charge in [0.15, 0.2) is 6.10 Å². The van der Waals surface area contributed by atoms with Crippen molar-refractivity contribution in [2.24, 2.45) is 5.73 Å². The highest BCUT2D eigenvalue weighted by atomic mass is 16.6. The summed E-state index contributed by atoms with van der Waals surface area (Å²) in [5.74, 6) is 0.173. The Kier molecular flexibility index (Phi) is 4.76. The summed E-state index contributed by atoms with van der Waals surface area (Å²) in [6, 6.07) is 12.9. The highest BCUT2D eigenvalue weighted by Crippen LogP contribution is 2.35. The fourth-order valence-electron chi connectivity index (χ4n) is 2.65. The molecule has 0 aliphatic rings. The summed E-state index contributed by atoms with van der Waals surface area (Å²) >= 11 is 0. The number of carbonyl (C=O) groups is 1. The number of aromatic nitrogens is 1. The normalized spacial score (nSPS) is 11.9. The molecule has 0 spiro atoms. The van der Waals surface area contributed by atoms with Crippen LogP contribution in [-0.4, -0.2) is 22.9 Å². The molecule has 26 heavy (non-hydrogen) atoms. The van der Waals surface area contributed by atoms with Gasteiger partial charge in [-0.3, -0.25) is 19.9 Å². The van der Waals surface area contributed by atoms with E-state index in [1.54, 1.807) is 30.3 Å². The second-order valence-electron chi connectivity index (χ2n) is 5.42. The van der Waals surface area contributed by atoms with Crippen LogP contribution in [0.2, 0.25) is 0 Å². The summed E-state index contributed by atoms with van der Waals surface area (Å²) in [6.07, 6.45) is 0.472. The highest BCUT2D eigenvalue weighted by Gasteiger charge is 2.20. The minimum atomic E-state index is -0.993. The Morgan fingerprint density at radius 3 is 2.58 bits per heavy atom. The molecule has 3 rings (SSSR count). The number of ether oxygens (including phenoxy) is 2. The molecule has 8 nitrogen and oxygen atoms in total. The molecule has 0 saturated heterocycles. The van der Waals surface area contributed by atoms with E-state index in [0.717, 1.165) is 0 Å². The third-order valence-corrected chi connectivity index (χ3v) is 3.80. The number of benzene rings is 2. The van der Waals surface area contributed by atoms with Gasteiger partial charge in [0.05, 0.1) is 16.0 Å². The fourth-order valence-corrected chi connectivity index (χ4v) is 2.65. The molecular formula is C18H15N3O5. The van der Waals surface area contributed by atoms with Crippen LogP contribution in [-0.2, 0) is 9.53 Å². The Hall–Kier alpha value is -3.52. The molecule has 1 aromatic heterocycles. The topological polar surface area (TPSA) is 118 Å². The molecule has 3 aromatic rings. The van der Waals surface area contributed by atoms with Gasteiger partial charge in [0, 0.05) is 30.8 Å². The van der Waals surface area contributed by atoms with E-state index in [1.165, 1.54) is 31.5 Å². The predicted molar refractivity (Wildman–Crippen MR) is 93.9 cm³/mol. The number of nitrogens with two attached hydrogens (primary N) is 1. The predicted octanol–water partition coefficient (Wildman–Crippen LogP) is 3.11. The zero-order chi connectivity index (χ0) is 18.7. The van der Waals surface area contributed by atoms with Gasteiger partial charge in [0.1, 0.15) is 11.5 Å². The average molecular weight is 353 g/mol. The number of methoxy groups -OCH3 is 1. The minimum Gasteiger partial charge on any atom is -0.457 e. The van der Waals surface area contributed by atoms with Crippen LogP contribution in [0.15, 0.2) is 54.7 Å². The molecule has 1 heterocycles. The first-order chi connectivity index (χ1) is 12.5. The number of fused-ring (bicyclic) bond motifs is 1. The molecule has 1 amide bonds. The molecule has 2 N–H and O–H groups in total. The van der Waals surface area contributed by atoms with Crippen LogP contribution < -0.4 is 10.5 Å². The lowest BCUT2D eigenvalue weighted by molar-refractivity contribution is -0.383. The monoisotopic (exact) mass is 353 g/mol. The summed E-state index contributed by atoms with van der Waals surface area (Å²) < 4.78 is 10.9. The number of carbonyl (C=O) groups excluding carboxylic acids is 1. The number of rotatable bonds is 6. The number of pyridine rings is 1. The van der Waals surface area contributed by atoms with E-state index in [4.69, 9.17) is 15.2 Å². The minimum absolute atomic E-state index is 0.00320. The second kappa shape index (κ2) is 7.16. The van der Waals surface area contributed by atoms with Gasteiger partial charge in [-0.05, 0) is 18.2 Å². The number of primary amides is 1. The van der Waals surface area contributed by atoms with Crippen LogP contribution in [0.3, 0.4) is 0 Å². The number of nitro groups is 1. The maximum atomic E-state index is 11.4. The second-order valence-corrected chi connectivity index (χ2v) is 5.42. The van der Waals surface area contributed by atoms with E-state index in [1.807, 2.05) is 0 Å². The van der Waals surface area contributed by atoms with Crippen LogP contribution in [0, 0.1) is 10.1 Å². The molecule has 0 fully saturated rings. The molecule has 0 aliphatic carbocycles. The van der Waals surface area contributed by atoms with Crippen molar-refractivity contribution < 1.29 is 19.2 Å². The SMILES string of the molecule is COC(C(N)=O)c1cc(Oc2ccc([N+](=O)[O-])c3ccccc23)ccn1. The Balaban J connectivity index is 2.01. The molecule has 0 aliphatic heterocycles. The van der Waals surface area contributed by atoms with E-state index in [9.17, 15) is 14.9 Å². The van der Waals surface area contributed by atoms with E-state index in [-0.39, 0.29) is 5.69 Å². The lowest BCUT2D eigenvalue weighted by Crippen LogP contribution is -2.23. The van der Waals surface area contributed by atoms with Crippen molar-refractivity contribution in [2.45, 2.75) is 6.10 Å². The van der Waals surface area contributed by atoms with Gasteiger partial charge in [-0.25, -0.2) is 0 Å². The highest BCUT2D eigenvalue weighted by molar-refractivity contribution is 5.95. The summed E-state index contributed by atoms with van der Waals surface area (Å²) in [5.41, 5.74) is 5.60. The largest absolute Gasteiger partial charge is 0.457 e. The number of non-ortho nitro benzene ring substituents is 1. The number of hydrogen-bond acceptors (Lipinski definition) is 6. The van der Waals surface area contributed by atoms with Gasteiger partial charge in [0.25, 0.3) is 11.6 Å². The van der Waals surface area contributed by atoms with Crippen molar-refractivity contribution in [3.8, 4) is 11.5 Å². The Bertz CT molecular complexity index is 989. The van der Waals surface area contributed by atoms with Crippen molar-refractivity contribution in [3.05, 3.63) is 70.5 Å². The van der Waals surface area contributed by atoms with E-state index >= 15 is 0 Å². The van der Waals surface area contributed by atoms with Gasteiger partial charge in [-0.2, -0.15) is 0 Å². The maximum absolute atomic E-state index is 11.4. The van der Waals surface area contributed by atoms with Crippen LogP contribution >= 0.6 is 0 Å². The van der Waals surface area contributed by atoms with Gasteiger partial charge in [-0.15, -0.1) is 0 Å². The van der Waals surface area contributed by atoms with E-state index in [0.29, 0.717) is 28.0 Å². The number of amides is 1. The van der Waals surface area contributed by atoms with Crippen LogP contribution in [0.5, 0.6) is 11.5 Å². The van der Waals surface area contributed by atoms with E-state index in [2.05, 4.69) is 4.98 Å². The third kappa shape index (κ3) is 3.31. The lowest BCUT2D eigenvalue weighted by Gasteiger charge is -2.13. The summed E-state index contributed by atoms with van der Waals surface area (Å²) in [4.78, 5) is 26.3. The van der Waals surface area contributed by atoms with Crippen LogP contribution in [0.1, 0.15) is 11.8 Å². The summed E-state index contributed by atoms with van der Waals surface area (Å²) in [7, 11) is 1.36. The molecule has 1 atom stereocenters. The summed E-state index contributed by atoms with van der Waals surface area (Å²) in [6.45, 7) is 0. The maximum Gasteiger partial charge on any atom is 0.277 e. The Morgan fingerprint density at radius 2 is 1.92 bits per heavy atom. The molecule has 0 saturated carbocycles. The Labute approximate surface area is 148 Å². The van der Waals surface area contributed by atoms with Gasteiger partial charge < -0.3 is 15.2 Å². The number of nitrogens with zero attached hydrogens (tertiary/aromatic N) is 2. The molecule has 2 aromatic carbocycles. The first kappa shape index (κ1) is 17.3. The van der Waals surface area contributed by atoms with Crippen molar-refractivity contribution in [3.63, 3.8) is 0 Å². The van der Waals surface area contributed by atoms with Crippen molar-refractivity contribution >= 4 is 22.4 Å². The van der Waals surface area contributed by atoms with Crippen LogP contribution in [0.4, 0.5) is 5.69 Å². The van der Waals surface area contributed by atoms with Gasteiger partial charge >= 0.3 is 0 Å². The quantitative estimate of drug-likeness (QED) is 0.537. The van der Waals surface area contributed by atoms with Crippen LogP contribution in [0.25, 0.3) is 10.8 Å². The summed E-state index contributed by atoms with van der Waals surface area (Å²) in [5, 5.41) is 12.3. The first-order valence-corrected chi connectivity index (χ1v) is 7.63. The van der Waals surface area contributed by atoms with Crippen molar-refractivity contribution in [1.29, 1.82) is 0 Å². The third-order valence-electron chi connectivity index (χ3n) is 3.80. The Morgan fingerprint density at radius 1 is 1.19 bits per heavy atom. The molecule has 0 bridgehead atoms. The number of hydrogen-bond donors (Lipinski definition) is 1. The smallest absolute Gasteiger partial charge is 0.277 e. The van der Waals surface area contributed by atoms with Crippen molar-refractivity contribution in [2.75, 3.05) is 7.11 Å².